The Labute approximate surface area is 162 Å². The van der Waals surface area contributed by atoms with E-state index in [1.165, 1.54) is 11.1 Å². The van der Waals surface area contributed by atoms with Crippen molar-refractivity contribution in [1.29, 1.82) is 0 Å². The van der Waals surface area contributed by atoms with Crippen LogP contribution in [0.3, 0.4) is 0 Å². The summed E-state index contributed by atoms with van der Waals surface area (Å²) in [6.45, 7) is 9.22. The van der Waals surface area contributed by atoms with Gasteiger partial charge < -0.3 is 19.5 Å². The van der Waals surface area contributed by atoms with E-state index in [2.05, 4.69) is 47.5 Å². The van der Waals surface area contributed by atoms with Crippen LogP contribution in [0.25, 0.3) is 0 Å². The fourth-order valence-electron chi connectivity index (χ4n) is 3.08. The van der Waals surface area contributed by atoms with E-state index in [1.54, 1.807) is 7.11 Å². The third-order valence-corrected chi connectivity index (χ3v) is 4.78. The minimum atomic E-state index is 0.536. The van der Waals surface area contributed by atoms with Gasteiger partial charge in [0.2, 0.25) is 0 Å². The van der Waals surface area contributed by atoms with Gasteiger partial charge in [-0.1, -0.05) is 35.9 Å². The number of rotatable bonds is 9. The number of benzene rings is 2. The highest BCUT2D eigenvalue weighted by Gasteiger charge is 2.10. The summed E-state index contributed by atoms with van der Waals surface area (Å²) in [5.74, 6) is 1.55. The van der Waals surface area contributed by atoms with Crippen molar-refractivity contribution in [2.45, 2.75) is 20.1 Å². The van der Waals surface area contributed by atoms with Crippen LogP contribution in [0.15, 0.2) is 42.5 Å². The maximum Gasteiger partial charge on any atom is 0.161 e. The minimum absolute atomic E-state index is 0.536. The predicted molar refractivity (Wildman–Crippen MR) is 107 cm³/mol. The molecule has 1 heterocycles. The van der Waals surface area contributed by atoms with E-state index in [-0.39, 0.29) is 0 Å². The van der Waals surface area contributed by atoms with Crippen LogP contribution in [-0.4, -0.2) is 51.4 Å². The monoisotopic (exact) mass is 370 g/mol. The molecule has 0 bridgehead atoms. The van der Waals surface area contributed by atoms with E-state index >= 15 is 0 Å². The normalized spacial score (nSPS) is 14.9. The van der Waals surface area contributed by atoms with Gasteiger partial charge in [-0.25, -0.2) is 0 Å². The molecule has 1 fully saturated rings. The Hall–Kier alpha value is -2.08. The first-order valence-electron chi connectivity index (χ1n) is 9.60. The first-order valence-corrected chi connectivity index (χ1v) is 9.60. The summed E-state index contributed by atoms with van der Waals surface area (Å²) in [5, 5.41) is 3.50. The van der Waals surface area contributed by atoms with Crippen molar-refractivity contribution in [3.05, 3.63) is 59.2 Å². The average Bonchev–Trinajstić information content (AvgIpc) is 2.72. The Kier molecular flexibility index (Phi) is 7.51. The summed E-state index contributed by atoms with van der Waals surface area (Å²) >= 11 is 0. The number of morpholine rings is 1. The fourth-order valence-corrected chi connectivity index (χ4v) is 3.08. The zero-order valence-electron chi connectivity index (χ0n) is 16.4. The van der Waals surface area contributed by atoms with E-state index in [0.717, 1.165) is 63.0 Å². The maximum atomic E-state index is 5.95. The molecule has 1 aliphatic heterocycles. The second kappa shape index (κ2) is 10.3. The van der Waals surface area contributed by atoms with E-state index in [9.17, 15) is 0 Å². The second-order valence-corrected chi connectivity index (χ2v) is 6.89. The number of methoxy groups -OCH3 is 1. The van der Waals surface area contributed by atoms with Crippen molar-refractivity contribution >= 4 is 0 Å². The van der Waals surface area contributed by atoms with Crippen LogP contribution in [0, 0.1) is 6.92 Å². The molecule has 0 atom stereocenters. The zero-order valence-corrected chi connectivity index (χ0v) is 16.4. The van der Waals surface area contributed by atoms with Crippen molar-refractivity contribution in [3.63, 3.8) is 0 Å². The van der Waals surface area contributed by atoms with Crippen molar-refractivity contribution in [1.82, 2.24) is 10.2 Å². The molecule has 1 aliphatic rings. The van der Waals surface area contributed by atoms with Crippen molar-refractivity contribution in [2.24, 2.45) is 0 Å². The van der Waals surface area contributed by atoms with Gasteiger partial charge in [0.25, 0.3) is 0 Å². The largest absolute Gasteiger partial charge is 0.493 e. The number of aryl methyl sites for hydroxylation is 1. The summed E-state index contributed by atoms with van der Waals surface area (Å²) in [7, 11) is 1.68. The fraction of sp³-hybridized carbons (Fsp3) is 0.455. The molecular weight excluding hydrogens is 340 g/mol. The van der Waals surface area contributed by atoms with Gasteiger partial charge >= 0.3 is 0 Å². The van der Waals surface area contributed by atoms with Gasteiger partial charge in [-0.15, -0.1) is 0 Å². The predicted octanol–water partition coefficient (Wildman–Crippen LogP) is 3.00. The molecule has 5 heteroatoms. The Morgan fingerprint density at radius 3 is 2.48 bits per heavy atom. The third kappa shape index (κ3) is 6.24. The van der Waals surface area contributed by atoms with Gasteiger partial charge in [-0.3, -0.25) is 4.90 Å². The quantitative estimate of drug-likeness (QED) is 0.688. The SMILES string of the molecule is COc1cc(CNCCN2CCOCC2)ccc1OCc1ccc(C)cc1. The summed E-state index contributed by atoms with van der Waals surface area (Å²) in [5.41, 5.74) is 3.59. The molecule has 1 N–H and O–H groups in total. The third-order valence-electron chi connectivity index (χ3n) is 4.78. The Bertz CT molecular complexity index is 697. The van der Waals surface area contributed by atoms with Crippen LogP contribution >= 0.6 is 0 Å². The van der Waals surface area contributed by atoms with E-state index in [0.29, 0.717) is 6.61 Å². The smallest absolute Gasteiger partial charge is 0.161 e. The van der Waals surface area contributed by atoms with Crippen LogP contribution in [0.5, 0.6) is 11.5 Å². The lowest BCUT2D eigenvalue weighted by molar-refractivity contribution is 0.0384. The van der Waals surface area contributed by atoms with Crippen LogP contribution in [0.1, 0.15) is 16.7 Å². The van der Waals surface area contributed by atoms with Gasteiger partial charge in [0, 0.05) is 32.7 Å². The molecule has 2 aromatic rings. The highest BCUT2D eigenvalue weighted by molar-refractivity contribution is 5.43. The first kappa shape index (κ1) is 19.7. The lowest BCUT2D eigenvalue weighted by atomic mass is 10.1. The summed E-state index contributed by atoms with van der Waals surface area (Å²) in [4.78, 5) is 2.43. The lowest BCUT2D eigenvalue weighted by Crippen LogP contribution is -2.40. The Balaban J connectivity index is 1.47. The molecule has 27 heavy (non-hydrogen) atoms. The molecule has 1 saturated heterocycles. The van der Waals surface area contributed by atoms with Gasteiger partial charge in [0.15, 0.2) is 11.5 Å². The summed E-state index contributed by atoms with van der Waals surface area (Å²) < 4.78 is 16.8. The standard InChI is InChI=1S/C22H30N2O3/c1-18-3-5-19(6-4-18)17-27-21-8-7-20(15-22(21)25-2)16-23-9-10-24-11-13-26-14-12-24/h3-8,15,23H,9-14,16-17H2,1-2H3. The minimum Gasteiger partial charge on any atom is -0.493 e. The number of nitrogens with one attached hydrogen (secondary N) is 1. The van der Waals surface area contributed by atoms with Crippen LogP contribution in [0.2, 0.25) is 0 Å². The molecule has 0 aromatic heterocycles. The number of nitrogens with zero attached hydrogens (tertiary/aromatic N) is 1. The molecule has 3 rings (SSSR count). The summed E-state index contributed by atoms with van der Waals surface area (Å²) in [6, 6.07) is 14.5. The topological polar surface area (TPSA) is 43.0 Å². The van der Waals surface area contributed by atoms with Gasteiger partial charge in [-0.05, 0) is 30.2 Å². The van der Waals surface area contributed by atoms with Crippen LogP contribution < -0.4 is 14.8 Å². The average molecular weight is 370 g/mol. The zero-order chi connectivity index (χ0) is 18.9. The second-order valence-electron chi connectivity index (χ2n) is 6.89. The molecule has 0 radical (unpaired) electrons. The molecule has 0 unspecified atom stereocenters. The molecule has 146 valence electrons. The molecular formula is C22H30N2O3. The first-order chi connectivity index (χ1) is 13.2. The number of hydrogen-bond acceptors (Lipinski definition) is 5. The lowest BCUT2D eigenvalue weighted by Gasteiger charge is -2.26. The maximum absolute atomic E-state index is 5.95. The van der Waals surface area contributed by atoms with E-state index in [4.69, 9.17) is 14.2 Å². The molecule has 2 aromatic carbocycles. The molecule has 0 spiro atoms. The Morgan fingerprint density at radius 1 is 1.00 bits per heavy atom. The number of hydrogen-bond donors (Lipinski definition) is 1. The van der Waals surface area contributed by atoms with Crippen molar-refractivity contribution in [2.75, 3.05) is 46.5 Å². The van der Waals surface area contributed by atoms with E-state index < -0.39 is 0 Å². The van der Waals surface area contributed by atoms with Crippen LogP contribution in [-0.2, 0) is 17.9 Å². The van der Waals surface area contributed by atoms with Gasteiger partial charge in [0.1, 0.15) is 6.61 Å². The Morgan fingerprint density at radius 2 is 1.74 bits per heavy atom. The van der Waals surface area contributed by atoms with Gasteiger partial charge in [-0.2, -0.15) is 0 Å². The molecule has 0 aliphatic carbocycles. The van der Waals surface area contributed by atoms with Gasteiger partial charge in [0.05, 0.1) is 20.3 Å². The molecule has 0 saturated carbocycles. The molecule has 5 nitrogen and oxygen atoms in total. The van der Waals surface area contributed by atoms with Crippen LogP contribution in [0.4, 0.5) is 0 Å². The van der Waals surface area contributed by atoms with Crippen molar-refractivity contribution < 1.29 is 14.2 Å². The van der Waals surface area contributed by atoms with E-state index in [1.807, 2.05) is 12.1 Å². The van der Waals surface area contributed by atoms with Crippen molar-refractivity contribution in [3.8, 4) is 11.5 Å². The highest BCUT2D eigenvalue weighted by Crippen LogP contribution is 2.28. The summed E-state index contributed by atoms with van der Waals surface area (Å²) in [6.07, 6.45) is 0. The molecule has 0 amide bonds. The number of ether oxygens (including phenoxy) is 3. The highest BCUT2D eigenvalue weighted by atomic mass is 16.5.